The van der Waals surface area contributed by atoms with Gasteiger partial charge in [0.2, 0.25) is 0 Å². The third-order valence-electron chi connectivity index (χ3n) is 4.94. The molecule has 3 N–H and O–H groups in total. The minimum Gasteiger partial charge on any atom is -0.490 e. The first kappa shape index (κ1) is 21.4. The summed E-state index contributed by atoms with van der Waals surface area (Å²) in [6, 6.07) is 13.0. The second kappa shape index (κ2) is 8.36. The number of nitrogens with one attached hydrogen (secondary N) is 1. The van der Waals surface area contributed by atoms with Gasteiger partial charge in [-0.15, -0.1) is 10.2 Å². The van der Waals surface area contributed by atoms with Crippen LogP contribution < -0.4 is 14.6 Å². The molecular weight excluding hydrogens is 434 g/mol. The topological polar surface area (TPSA) is 131 Å². The predicted molar refractivity (Wildman–Crippen MR) is 119 cm³/mol. The Morgan fingerprint density at radius 2 is 2.03 bits per heavy atom. The van der Waals surface area contributed by atoms with Crippen LogP contribution in [0.1, 0.15) is 43.0 Å². The first-order valence-electron chi connectivity index (χ1n) is 9.72. The number of ether oxygens (including phenoxy) is 1. The molecule has 10 heteroatoms. The Kier molecular flexibility index (Phi) is 5.77. The normalized spacial score (nSPS) is 15.6. The minimum atomic E-state index is -3.79. The van der Waals surface area contributed by atoms with Crippen molar-refractivity contribution >= 4 is 21.5 Å². The molecular formula is C21H21N5O3S2. The molecule has 1 aromatic heterocycles. The van der Waals surface area contributed by atoms with Crippen LogP contribution >= 0.6 is 11.3 Å². The average Bonchev–Trinajstić information content (AvgIpc) is 3.34. The van der Waals surface area contributed by atoms with Gasteiger partial charge in [-0.05, 0) is 56.0 Å². The zero-order valence-corrected chi connectivity index (χ0v) is 18.6. The van der Waals surface area contributed by atoms with E-state index < -0.39 is 10.2 Å². The molecule has 0 aliphatic heterocycles. The lowest BCUT2D eigenvalue weighted by Gasteiger charge is -2.12. The number of hydrogen-bond acceptors (Lipinski definition) is 7. The Labute approximate surface area is 184 Å². The van der Waals surface area contributed by atoms with Crippen molar-refractivity contribution in [1.82, 2.24) is 14.9 Å². The number of nitriles is 1. The maximum atomic E-state index is 11.5. The standard InChI is InChI=1S/C21H21N5O3S2/c1-12(2)29-19-9-6-13(10-14(19)11-22)20-24-25-21(30-20)17-5-3-4-16-15(17)7-8-18(16)26-31(23,27)28/h3-6,9-10,12,18,26H,7-8H2,1-2H3,(H2,23,27,28)/t18-/m1/s1. The summed E-state index contributed by atoms with van der Waals surface area (Å²) in [5, 5.41) is 24.7. The molecule has 31 heavy (non-hydrogen) atoms. The summed E-state index contributed by atoms with van der Waals surface area (Å²) in [6.07, 6.45) is 1.32. The largest absolute Gasteiger partial charge is 0.490 e. The first-order chi connectivity index (χ1) is 14.7. The second-order valence-corrected chi connectivity index (χ2v) is 9.83. The van der Waals surface area contributed by atoms with Crippen LogP contribution in [0.3, 0.4) is 0 Å². The number of fused-ring (bicyclic) bond motifs is 1. The van der Waals surface area contributed by atoms with Gasteiger partial charge in [0.15, 0.2) is 0 Å². The highest BCUT2D eigenvalue weighted by Crippen LogP contribution is 2.40. The van der Waals surface area contributed by atoms with Crippen molar-refractivity contribution in [3.05, 3.63) is 53.1 Å². The maximum Gasteiger partial charge on any atom is 0.274 e. The highest BCUT2D eigenvalue weighted by atomic mass is 32.2. The predicted octanol–water partition coefficient (Wildman–Crippen LogP) is 3.31. The zero-order chi connectivity index (χ0) is 22.2. The molecule has 0 saturated carbocycles. The van der Waals surface area contributed by atoms with E-state index in [1.165, 1.54) is 11.3 Å². The Balaban J connectivity index is 1.66. The summed E-state index contributed by atoms with van der Waals surface area (Å²) >= 11 is 1.42. The van der Waals surface area contributed by atoms with Crippen molar-refractivity contribution in [3.8, 4) is 33.0 Å². The number of nitrogens with two attached hydrogens (primary N) is 1. The van der Waals surface area contributed by atoms with Crippen LogP contribution in [0.4, 0.5) is 0 Å². The van der Waals surface area contributed by atoms with Gasteiger partial charge in [-0.1, -0.05) is 29.5 Å². The Hall–Kier alpha value is -2.84. The second-order valence-electron chi connectivity index (χ2n) is 7.53. The third-order valence-corrected chi connectivity index (χ3v) is 6.56. The number of benzene rings is 2. The summed E-state index contributed by atoms with van der Waals surface area (Å²) in [5.74, 6) is 0.542. The SMILES string of the molecule is CC(C)Oc1ccc(-c2nnc(-c3cccc4c3CC[C@H]4NS(N)(=O)=O)s2)cc1C#N. The van der Waals surface area contributed by atoms with Crippen molar-refractivity contribution < 1.29 is 13.2 Å². The molecule has 0 fully saturated rings. The quantitative estimate of drug-likeness (QED) is 0.586. The van der Waals surface area contributed by atoms with Crippen LogP contribution in [0.5, 0.6) is 5.75 Å². The molecule has 1 aliphatic rings. The van der Waals surface area contributed by atoms with Gasteiger partial charge >= 0.3 is 0 Å². The first-order valence-corrected chi connectivity index (χ1v) is 12.1. The molecule has 1 heterocycles. The molecule has 0 unspecified atom stereocenters. The van der Waals surface area contributed by atoms with Crippen LogP contribution in [0.15, 0.2) is 36.4 Å². The molecule has 4 rings (SSSR count). The summed E-state index contributed by atoms with van der Waals surface area (Å²) in [4.78, 5) is 0. The van der Waals surface area contributed by atoms with Crippen LogP contribution in [0.25, 0.3) is 21.1 Å². The molecule has 3 aromatic rings. The lowest BCUT2D eigenvalue weighted by molar-refractivity contribution is 0.242. The fraction of sp³-hybridized carbons (Fsp3) is 0.286. The Morgan fingerprint density at radius 3 is 2.74 bits per heavy atom. The lowest BCUT2D eigenvalue weighted by Crippen LogP contribution is -2.33. The van der Waals surface area contributed by atoms with E-state index in [1.54, 1.807) is 12.1 Å². The fourth-order valence-corrected chi connectivity index (χ4v) is 5.27. The van der Waals surface area contributed by atoms with Gasteiger partial charge in [0, 0.05) is 17.2 Å². The van der Waals surface area contributed by atoms with Gasteiger partial charge in [-0.2, -0.15) is 18.4 Å². The number of aromatic nitrogens is 2. The van der Waals surface area contributed by atoms with Crippen LogP contribution in [-0.4, -0.2) is 24.7 Å². The molecule has 1 atom stereocenters. The molecule has 160 valence electrons. The van der Waals surface area contributed by atoms with E-state index in [0.717, 1.165) is 27.3 Å². The summed E-state index contributed by atoms with van der Waals surface area (Å²) in [6.45, 7) is 3.82. The van der Waals surface area contributed by atoms with Crippen molar-refractivity contribution in [2.75, 3.05) is 0 Å². The van der Waals surface area contributed by atoms with Gasteiger partial charge in [0.05, 0.1) is 11.7 Å². The van der Waals surface area contributed by atoms with Gasteiger partial charge < -0.3 is 4.74 Å². The minimum absolute atomic E-state index is 0.0289. The van der Waals surface area contributed by atoms with Gasteiger partial charge in [-0.3, -0.25) is 0 Å². The summed E-state index contributed by atoms with van der Waals surface area (Å²) in [7, 11) is -3.79. The van der Waals surface area contributed by atoms with Crippen LogP contribution in [-0.2, 0) is 16.6 Å². The molecule has 8 nitrogen and oxygen atoms in total. The van der Waals surface area contributed by atoms with E-state index in [1.807, 2.05) is 38.1 Å². The van der Waals surface area contributed by atoms with E-state index in [2.05, 4.69) is 21.0 Å². The zero-order valence-electron chi connectivity index (χ0n) is 17.0. The average molecular weight is 456 g/mol. The van der Waals surface area contributed by atoms with E-state index in [-0.39, 0.29) is 12.1 Å². The molecule has 0 spiro atoms. The Morgan fingerprint density at radius 1 is 1.26 bits per heavy atom. The molecule has 1 aliphatic carbocycles. The number of hydrogen-bond donors (Lipinski definition) is 2. The molecule has 0 amide bonds. The molecule has 0 bridgehead atoms. The highest BCUT2D eigenvalue weighted by Gasteiger charge is 2.28. The van der Waals surface area contributed by atoms with E-state index in [9.17, 15) is 13.7 Å². The van der Waals surface area contributed by atoms with Crippen molar-refractivity contribution in [3.63, 3.8) is 0 Å². The fourth-order valence-electron chi connectivity index (χ4n) is 3.73. The molecule has 0 saturated heterocycles. The summed E-state index contributed by atoms with van der Waals surface area (Å²) < 4.78 is 31.1. The van der Waals surface area contributed by atoms with Crippen molar-refractivity contribution in [2.24, 2.45) is 5.14 Å². The highest BCUT2D eigenvalue weighted by molar-refractivity contribution is 7.87. The number of rotatable bonds is 6. The van der Waals surface area contributed by atoms with Gasteiger partial charge in [0.1, 0.15) is 21.8 Å². The maximum absolute atomic E-state index is 11.5. The van der Waals surface area contributed by atoms with Crippen LogP contribution in [0.2, 0.25) is 0 Å². The molecule has 0 radical (unpaired) electrons. The van der Waals surface area contributed by atoms with Crippen molar-refractivity contribution in [1.29, 1.82) is 5.26 Å². The monoisotopic (exact) mass is 455 g/mol. The Bertz CT molecular complexity index is 1280. The lowest BCUT2D eigenvalue weighted by atomic mass is 10.0. The van der Waals surface area contributed by atoms with Crippen LogP contribution in [0, 0.1) is 11.3 Å². The third kappa shape index (κ3) is 4.60. The van der Waals surface area contributed by atoms with Gasteiger partial charge in [-0.25, -0.2) is 5.14 Å². The van der Waals surface area contributed by atoms with Gasteiger partial charge in [0.25, 0.3) is 10.2 Å². The van der Waals surface area contributed by atoms with E-state index in [4.69, 9.17) is 9.88 Å². The molecule has 2 aromatic carbocycles. The summed E-state index contributed by atoms with van der Waals surface area (Å²) in [5.41, 5.74) is 4.12. The number of nitrogens with zero attached hydrogens (tertiary/aromatic N) is 3. The smallest absolute Gasteiger partial charge is 0.274 e. The van der Waals surface area contributed by atoms with E-state index in [0.29, 0.717) is 29.2 Å². The van der Waals surface area contributed by atoms with Crippen molar-refractivity contribution in [2.45, 2.75) is 38.8 Å². The van der Waals surface area contributed by atoms with E-state index >= 15 is 0 Å².